The van der Waals surface area contributed by atoms with E-state index in [4.69, 9.17) is 9.47 Å². The number of rotatable bonds is 8. The SMILES string of the molecule is COc1cccc(C(CN2CCN(C(=O)CC(C)(C)C)CC2)OCc2ccc(C)cc2)c1. The lowest BCUT2D eigenvalue weighted by Gasteiger charge is -2.37. The molecule has 0 aliphatic carbocycles. The molecule has 2 aromatic rings. The van der Waals surface area contributed by atoms with Crippen molar-refractivity contribution < 1.29 is 14.3 Å². The summed E-state index contributed by atoms with van der Waals surface area (Å²) in [5.74, 6) is 1.10. The summed E-state index contributed by atoms with van der Waals surface area (Å²) in [6.45, 7) is 13.1. The molecule has 1 saturated heterocycles. The van der Waals surface area contributed by atoms with Gasteiger partial charge in [0.25, 0.3) is 0 Å². The number of benzene rings is 2. The van der Waals surface area contributed by atoms with Crippen LogP contribution in [0.2, 0.25) is 0 Å². The average Bonchev–Trinajstić information content (AvgIpc) is 2.77. The molecule has 5 nitrogen and oxygen atoms in total. The second-order valence-electron chi connectivity index (χ2n) is 9.98. The number of carbonyl (C=O) groups excluding carboxylic acids is 1. The van der Waals surface area contributed by atoms with Gasteiger partial charge in [-0.1, -0.05) is 62.7 Å². The summed E-state index contributed by atoms with van der Waals surface area (Å²) in [5.41, 5.74) is 3.55. The molecule has 1 fully saturated rings. The molecule has 1 amide bonds. The van der Waals surface area contributed by atoms with Gasteiger partial charge in [-0.2, -0.15) is 0 Å². The van der Waals surface area contributed by atoms with Crippen LogP contribution in [0.4, 0.5) is 0 Å². The molecule has 3 rings (SSSR count). The van der Waals surface area contributed by atoms with E-state index in [1.165, 1.54) is 11.1 Å². The van der Waals surface area contributed by atoms with Gasteiger partial charge in [0.2, 0.25) is 5.91 Å². The van der Waals surface area contributed by atoms with E-state index in [1.54, 1.807) is 7.11 Å². The largest absolute Gasteiger partial charge is 0.497 e. The second kappa shape index (κ2) is 11.0. The zero-order valence-electron chi connectivity index (χ0n) is 20.3. The van der Waals surface area contributed by atoms with Gasteiger partial charge in [0, 0.05) is 39.1 Å². The molecule has 0 spiro atoms. The van der Waals surface area contributed by atoms with E-state index in [0.29, 0.717) is 13.0 Å². The summed E-state index contributed by atoms with van der Waals surface area (Å²) in [6, 6.07) is 16.6. The fraction of sp³-hybridized carbons (Fsp3) is 0.519. The van der Waals surface area contributed by atoms with Crippen LogP contribution in [0.15, 0.2) is 48.5 Å². The Morgan fingerprint density at radius 2 is 1.72 bits per heavy atom. The number of nitrogens with zero attached hydrogens (tertiary/aromatic N) is 2. The predicted octanol–water partition coefficient (Wildman–Crippen LogP) is 4.84. The molecular formula is C27H38N2O3. The third-order valence-electron chi connectivity index (χ3n) is 5.87. The van der Waals surface area contributed by atoms with Crippen LogP contribution in [0.25, 0.3) is 0 Å². The lowest BCUT2D eigenvalue weighted by molar-refractivity contribution is -0.135. The van der Waals surface area contributed by atoms with Crippen molar-refractivity contribution in [3.63, 3.8) is 0 Å². The quantitative estimate of drug-likeness (QED) is 0.591. The Kier molecular flexibility index (Phi) is 8.32. The Hall–Kier alpha value is -2.37. The number of aryl methyl sites for hydroxylation is 1. The molecule has 174 valence electrons. The number of hydrogen-bond acceptors (Lipinski definition) is 4. The zero-order chi connectivity index (χ0) is 23.1. The minimum Gasteiger partial charge on any atom is -0.497 e. The number of carbonyl (C=O) groups is 1. The summed E-state index contributed by atoms with van der Waals surface area (Å²) in [7, 11) is 1.69. The van der Waals surface area contributed by atoms with Gasteiger partial charge in [0.05, 0.1) is 19.8 Å². The van der Waals surface area contributed by atoms with E-state index in [0.717, 1.165) is 44.0 Å². The maximum atomic E-state index is 12.6. The Morgan fingerprint density at radius 1 is 1.03 bits per heavy atom. The Labute approximate surface area is 193 Å². The standard InChI is InChI=1S/C27H38N2O3/c1-21-9-11-22(12-10-21)20-32-25(23-7-6-8-24(17-23)31-5)19-28-13-15-29(16-14-28)26(30)18-27(2,3)4/h6-12,17,25H,13-16,18-20H2,1-5H3. The third-order valence-corrected chi connectivity index (χ3v) is 5.87. The van der Waals surface area contributed by atoms with Crippen LogP contribution in [0, 0.1) is 12.3 Å². The Balaban J connectivity index is 1.63. The van der Waals surface area contributed by atoms with Crippen LogP contribution in [-0.2, 0) is 16.1 Å². The van der Waals surface area contributed by atoms with Gasteiger partial charge in [-0.3, -0.25) is 9.69 Å². The molecule has 1 aliphatic rings. The molecule has 1 atom stereocenters. The molecule has 1 unspecified atom stereocenters. The average molecular weight is 439 g/mol. The minimum absolute atomic E-state index is 0.0233. The van der Waals surface area contributed by atoms with Crippen molar-refractivity contribution in [2.75, 3.05) is 39.8 Å². The molecule has 0 N–H and O–H groups in total. The normalized spacial score (nSPS) is 16.1. The van der Waals surface area contributed by atoms with Crippen LogP contribution in [0.5, 0.6) is 5.75 Å². The third kappa shape index (κ3) is 7.35. The van der Waals surface area contributed by atoms with Gasteiger partial charge in [0.15, 0.2) is 0 Å². The van der Waals surface area contributed by atoms with E-state index >= 15 is 0 Å². The van der Waals surface area contributed by atoms with Crippen LogP contribution in [-0.4, -0.2) is 55.5 Å². The van der Waals surface area contributed by atoms with Crippen LogP contribution in [0.1, 0.15) is 50.0 Å². The van der Waals surface area contributed by atoms with Gasteiger partial charge < -0.3 is 14.4 Å². The van der Waals surface area contributed by atoms with Gasteiger partial charge in [-0.05, 0) is 35.6 Å². The first-order valence-electron chi connectivity index (χ1n) is 11.5. The van der Waals surface area contributed by atoms with Crippen molar-refractivity contribution >= 4 is 5.91 Å². The first-order valence-corrected chi connectivity index (χ1v) is 11.5. The van der Waals surface area contributed by atoms with Gasteiger partial charge in [-0.15, -0.1) is 0 Å². The highest BCUT2D eigenvalue weighted by Crippen LogP contribution is 2.26. The first kappa shape index (κ1) is 24.3. The van der Waals surface area contributed by atoms with Crippen molar-refractivity contribution in [1.82, 2.24) is 9.80 Å². The molecule has 1 aliphatic heterocycles. The molecule has 5 heteroatoms. The number of amides is 1. The molecule has 1 heterocycles. The number of methoxy groups -OCH3 is 1. The lowest BCUT2D eigenvalue weighted by atomic mass is 9.91. The maximum absolute atomic E-state index is 12.6. The van der Waals surface area contributed by atoms with Crippen molar-refractivity contribution in [2.24, 2.45) is 5.41 Å². The molecule has 32 heavy (non-hydrogen) atoms. The topological polar surface area (TPSA) is 42.0 Å². The number of ether oxygens (including phenoxy) is 2. The van der Waals surface area contributed by atoms with E-state index in [1.807, 2.05) is 17.0 Å². The summed E-state index contributed by atoms with van der Waals surface area (Å²) in [6.07, 6.45) is 0.530. The monoisotopic (exact) mass is 438 g/mol. The lowest BCUT2D eigenvalue weighted by Crippen LogP contribution is -2.50. The van der Waals surface area contributed by atoms with Crippen molar-refractivity contribution in [1.29, 1.82) is 0 Å². The molecule has 0 radical (unpaired) electrons. The fourth-order valence-electron chi connectivity index (χ4n) is 3.96. The van der Waals surface area contributed by atoms with Crippen LogP contribution < -0.4 is 4.74 Å². The second-order valence-corrected chi connectivity index (χ2v) is 9.98. The van der Waals surface area contributed by atoms with E-state index < -0.39 is 0 Å². The predicted molar refractivity (Wildman–Crippen MR) is 129 cm³/mol. The highest BCUT2D eigenvalue weighted by molar-refractivity contribution is 5.76. The maximum Gasteiger partial charge on any atom is 0.223 e. The smallest absolute Gasteiger partial charge is 0.223 e. The van der Waals surface area contributed by atoms with Crippen molar-refractivity contribution in [3.8, 4) is 5.75 Å². The van der Waals surface area contributed by atoms with Crippen molar-refractivity contribution in [2.45, 2.75) is 46.8 Å². The highest BCUT2D eigenvalue weighted by Gasteiger charge is 2.26. The van der Waals surface area contributed by atoms with Crippen LogP contribution in [0.3, 0.4) is 0 Å². The molecular weight excluding hydrogens is 400 g/mol. The van der Waals surface area contributed by atoms with E-state index in [-0.39, 0.29) is 17.4 Å². The zero-order valence-corrected chi connectivity index (χ0v) is 20.3. The first-order chi connectivity index (χ1) is 15.2. The van der Waals surface area contributed by atoms with E-state index in [9.17, 15) is 4.79 Å². The van der Waals surface area contributed by atoms with Crippen molar-refractivity contribution in [3.05, 3.63) is 65.2 Å². The van der Waals surface area contributed by atoms with Gasteiger partial charge in [-0.25, -0.2) is 0 Å². The summed E-state index contributed by atoms with van der Waals surface area (Å²) >= 11 is 0. The Morgan fingerprint density at radius 3 is 2.34 bits per heavy atom. The number of hydrogen-bond donors (Lipinski definition) is 0. The summed E-state index contributed by atoms with van der Waals surface area (Å²) < 4.78 is 11.9. The van der Waals surface area contributed by atoms with Crippen LogP contribution >= 0.6 is 0 Å². The fourth-order valence-corrected chi connectivity index (χ4v) is 3.96. The van der Waals surface area contributed by atoms with Gasteiger partial charge >= 0.3 is 0 Å². The minimum atomic E-state index is -0.0665. The molecule has 2 aromatic carbocycles. The van der Waals surface area contributed by atoms with Gasteiger partial charge in [0.1, 0.15) is 5.75 Å². The molecule has 0 saturated carbocycles. The Bertz CT molecular complexity index is 865. The summed E-state index contributed by atoms with van der Waals surface area (Å²) in [4.78, 5) is 17.0. The highest BCUT2D eigenvalue weighted by atomic mass is 16.5. The molecule has 0 aromatic heterocycles. The molecule has 0 bridgehead atoms. The van der Waals surface area contributed by atoms with E-state index in [2.05, 4.69) is 69.0 Å². The summed E-state index contributed by atoms with van der Waals surface area (Å²) in [5, 5.41) is 0. The number of piperazine rings is 1.